The molecule has 0 aliphatic carbocycles. The third kappa shape index (κ3) is 4.20. The number of anilines is 1. The topological polar surface area (TPSA) is 54.0 Å². The van der Waals surface area contributed by atoms with E-state index in [0.29, 0.717) is 26.4 Å². The van der Waals surface area contributed by atoms with Gasteiger partial charge in [-0.15, -0.1) is 11.3 Å². The molecule has 0 radical (unpaired) electrons. The van der Waals surface area contributed by atoms with Gasteiger partial charge in [-0.05, 0) is 23.6 Å². The van der Waals surface area contributed by atoms with Gasteiger partial charge < -0.3 is 0 Å². The van der Waals surface area contributed by atoms with Gasteiger partial charge in [0, 0.05) is 21.3 Å². The van der Waals surface area contributed by atoms with Crippen LogP contribution in [-0.4, -0.2) is 10.9 Å². The van der Waals surface area contributed by atoms with Gasteiger partial charge in [0.1, 0.15) is 5.01 Å². The summed E-state index contributed by atoms with van der Waals surface area (Å²) < 4.78 is 0. The van der Waals surface area contributed by atoms with E-state index in [4.69, 9.17) is 34.8 Å². The van der Waals surface area contributed by atoms with Crippen LogP contribution in [0.4, 0.5) is 5.69 Å². The summed E-state index contributed by atoms with van der Waals surface area (Å²) in [5, 5.41) is 7.85. The molecule has 0 bridgehead atoms. The molecule has 0 aliphatic heterocycles. The Labute approximate surface area is 161 Å². The molecule has 0 spiro atoms. The number of halogens is 3. The molecule has 124 valence electrons. The molecule has 3 aromatic rings. The Balaban J connectivity index is 1.61. The van der Waals surface area contributed by atoms with Crippen molar-refractivity contribution in [3.8, 4) is 10.6 Å². The standard InChI is InChI=1S/C15H10Cl3N3OS2/c16-9-3-11(17)14(12(18)4-9)21-20-13(22)5-10-7-24-15(19-10)8-1-2-23-6-8/h1-4,6-7,21H,5H2,(H,20,22). The number of thiophene rings is 1. The molecule has 0 atom stereocenters. The van der Waals surface area contributed by atoms with Crippen molar-refractivity contribution in [1.82, 2.24) is 10.4 Å². The lowest BCUT2D eigenvalue weighted by atomic mass is 10.3. The number of hydrazine groups is 1. The summed E-state index contributed by atoms with van der Waals surface area (Å²) in [7, 11) is 0. The van der Waals surface area contributed by atoms with Crippen LogP contribution in [0.5, 0.6) is 0 Å². The maximum absolute atomic E-state index is 12.1. The summed E-state index contributed by atoms with van der Waals surface area (Å²) >= 11 is 21.1. The first-order valence-electron chi connectivity index (χ1n) is 6.69. The monoisotopic (exact) mass is 417 g/mol. The summed E-state index contributed by atoms with van der Waals surface area (Å²) in [5.41, 5.74) is 7.44. The van der Waals surface area contributed by atoms with Crippen molar-refractivity contribution in [2.75, 3.05) is 5.43 Å². The molecule has 4 nitrogen and oxygen atoms in total. The maximum atomic E-state index is 12.1. The number of amides is 1. The largest absolute Gasteiger partial charge is 0.296 e. The zero-order chi connectivity index (χ0) is 17.1. The van der Waals surface area contributed by atoms with E-state index >= 15 is 0 Å². The number of nitrogens with zero attached hydrogens (tertiary/aromatic N) is 1. The van der Waals surface area contributed by atoms with Crippen LogP contribution in [0.25, 0.3) is 10.6 Å². The van der Waals surface area contributed by atoms with Crippen LogP contribution in [0.2, 0.25) is 15.1 Å². The molecule has 0 saturated carbocycles. The molecule has 0 aliphatic rings. The fraction of sp³-hybridized carbons (Fsp3) is 0.0667. The summed E-state index contributed by atoms with van der Waals surface area (Å²) in [6, 6.07) is 5.08. The van der Waals surface area contributed by atoms with E-state index in [9.17, 15) is 4.79 Å². The molecule has 1 amide bonds. The Morgan fingerprint density at radius 3 is 2.58 bits per heavy atom. The average Bonchev–Trinajstić information content (AvgIpc) is 3.16. The third-order valence-corrected chi connectivity index (χ3v) is 5.43. The second-order valence-electron chi connectivity index (χ2n) is 4.75. The van der Waals surface area contributed by atoms with Crippen LogP contribution in [0, 0.1) is 0 Å². The first kappa shape index (κ1) is 17.5. The van der Waals surface area contributed by atoms with Gasteiger partial charge in [0.2, 0.25) is 5.91 Å². The molecule has 2 N–H and O–H groups in total. The second kappa shape index (κ2) is 7.72. The number of hydrogen-bond donors (Lipinski definition) is 2. The molecule has 3 rings (SSSR count). The van der Waals surface area contributed by atoms with Gasteiger partial charge in [0.15, 0.2) is 0 Å². The van der Waals surface area contributed by atoms with Crippen molar-refractivity contribution in [2.24, 2.45) is 0 Å². The SMILES string of the molecule is O=C(Cc1csc(-c2ccsc2)n1)NNc1c(Cl)cc(Cl)cc1Cl. The molecule has 1 aromatic carbocycles. The number of hydrogen-bond acceptors (Lipinski definition) is 5. The molecule has 0 unspecified atom stereocenters. The minimum atomic E-state index is -0.251. The molecular weight excluding hydrogens is 409 g/mol. The summed E-state index contributed by atoms with van der Waals surface area (Å²) in [6.45, 7) is 0. The zero-order valence-electron chi connectivity index (χ0n) is 12.0. The van der Waals surface area contributed by atoms with Crippen molar-refractivity contribution in [1.29, 1.82) is 0 Å². The molecule has 24 heavy (non-hydrogen) atoms. The summed E-state index contributed by atoms with van der Waals surface area (Å²) in [5.74, 6) is -0.251. The zero-order valence-corrected chi connectivity index (χ0v) is 15.9. The van der Waals surface area contributed by atoms with E-state index in [0.717, 1.165) is 10.6 Å². The molecule has 0 fully saturated rings. The lowest BCUT2D eigenvalue weighted by Crippen LogP contribution is -2.31. The van der Waals surface area contributed by atoms with Gasteiger partial charge in [0.05, 0.1) is 27.8 Å². The number of carbonyl (C=O) groups is 1. The van der Waals surface area contributed by atoms with Gasteiger partial charge in [-0.2, -0.15) is 11.3 Å². The molecule has 2 heterocycles. The Morgan fingerprint density at radius 2 is 1.92 bits per heavy atom. The van der Waals surface area contributed by atoms with E-state index in [1.807, 2.05) is 22.2 Å². The van der Waals surface area contributed by atoms with Crippen molar-refractivity contribution < 1.29 is 4.79 Å². The van der Waals surface area contributed by atoms with Gasteiger partial charge >= 0.3 is 0 Å². The number of aromatic nitrogens is 1. The van der Waals surface area contributed by atoms with Crippen LogP contribution >= 0.6 is 57.5 Å². The minimum Gasteiger partial charge on any atom is -0.296 e. The molecule has 9 heteroatoms. The van der Waals surface area contributed by atoms with Crippen LogP contribution in [0.1, 0.15) is 5.69 Å². The number of nitrogens with one attached hydrogen (secondary N) is 2. The number of thiazole rings is 1. The minimum absolute atomic E-state index is 0.149. The predicted molar refractivity (Wildman–Crippen MR) is 102 cm³/mol. The normalized spacial score (nSPS) is 10.6. The Morgan fingerprint density at radius 1 is 1.17 bits per heavy atom. The maximum Gasteiger partial charge on any atom is 0.244 e. The first-order valence-corrected chi connectivity index (χ1v) is 9.65. The van der Waals surface area contributed by atoms with Crippen molar-refractivity contribution in [3.63, 3.8) is 0 Å². The molecular formula is C15H10Cl3N3OS2. The fourth-order valence-electron chi connectivity index (χ4n) is 1.91. The fourth-order valence-corrected chi connectivity index (χ4v) is 4.35. The number of rotatable bonds is 5. The van der Waals surface area contributed by atoms with E-state index in [1.165, 1.54) is 23.5 Å². The lowest BCUT2D eigenvalue weighted by molar-refractivity contribution is -0.120. The molecule has 0 saturated heterocycles. The summed E-state index contributed by atoms with van der Waals surface area (Å²) in [4.78, 5) is 16.5. The van der Waals surface area contributed by atoms with E-state index in [1.54, 1.807) is 11.3 Å². The van der Waals surface area contributed by atoms with Gasteiger partial charge in [-0.25, -0.2) is 4.98 Å². The quantitative estimate of drug-likeness (QED) is 0.537. The van der Waals surface area contributed by atoms with Gasteiger partial charge in [0.25, 0.3) is 0 Å². The average molecular weight is 419 g/mol. The van der Waals surface area contributed by atoms with Crippen LogP contribution < -0.4 is 10.9 Å². The third-order valence-electron chi connectivity index (χ3n) is 3.00. The second-order valence-corrected chi connectivity index (χ2v) is 7.64. The Bertz CT molecular complexity index is 842. The van der Waals surface area contributed by atoms with Crippen molar-refractivity contribution in [2.45, 2.75) is 6.42 Å². The number of carbonyl (C=O) groups excluding carboxylic acids is 1. The smallest absolute Gasteiger partial charge is 0.244 e. The first-order chi connectivity index (χ1) is 11.5. The van der Waals surface area contributed by atoms with Crippen LogP contribution in [-0.2, 0) is 11.2 Å². The Hall–Kier alpha value is -1.31. The predicted octanol–water partition coefficient (Wildman–Crippen LogP) is 5.52. The summed E-state index contributed by atoms with van der Waals surface area (Å²) in [6.07, 6.45) is 0.149. The lowest BCUT2D eigenvalue weighted by Gasteiger charge is -2.11. The van der Waals surface area contributed by atoms with E-state index < -0.39 is 0 Å². The Kier molecular flexibility index (Phi) is 5.63. The van der Waals surface area contributed by atoms with Crippen molar-refractivity contribution in [3.05, 3.63) is 55.1 Å². The highest BCUT2D eigenvalue weighted by molar-refractivity contribution is 7.14. The highest BCUT2D eigenvalue weighted by Crippen LogP contribution is 2.33. The van der Waals surface area contributed by atoms with Crippen LogP contribution in [0.15, 0.2) is 34.3 Å². The number of benzene rings is 1. The van der Waals surface area contributed by atoms with E-state index in [-0.39, 0.29) is 12.3 Å². The highest BCUT2D eigenvalue weighted by Gasteiger charge is 2.11. The van der Waals surface area contributed by atoms with E-state index in [2.05, 4.69) is 15.8 Å². The van der Waals surface area contributed by atoms with Crippen molar-refractivity contribution >= 4 is 69.1 Å². The van der Waals surface area contributed by atoms with Gasteiger partial charge in [-0.1, -0.05) is 34.8 Å². The molecule has 2 aromatic heterocycles. The van der Waals surface area contributed by atoms with Crippen LogP contribution in [0.3, 0.4) is 0 Å². The highest BCUT2D eigenvalue weighted by atomic mass is 35.5. The van der Waals surface area contributed by atoms with Gasteiger partial charge in [-0.3, -0.25) is 15.6 Å².